The van der Waals surface area contributed by atoms with Crippen molar-refractivity contribution in [2.24, 2.45) is 24.1 Å². The van der Waals surface area contributed by atoms with Gasteiger partial charge in [-0.2, -0.15) is 0 Å². The largest absolute Gasteiger partial charge is 0.347 e. The Hall–Kier alpha value is -1.28. The van der Waals surface area contributed by atoms with Crippen LogP contribution in [0, 0.1) is 11.3 Å². The minimum absolute atomic E-state index is 0.358. The summed E-state index contributed by atoms with van der Waals surface area (Å²) in [5, 5.41) is 1.34. The highest BCUT2D eigenvalue weighted by Gasteiger charge is 2.58. The quantitative estimate of drug-likeness (QED) is 0.842. The second kappa shape index (κ2) is 3.36. The molecule has 0 spiro atoms. The Labute approximate surface area is 102 Å². The van der Waals surface area contributed by atoms with Gasteiger partial charge in [-0.05, 0) is 35.4 Å². The molecule has 2 atom stereocenters. The first kappa shape index (κ1) is 10.8. The smallest absolute Gasteiger partial charge is 0.0479 e. The van der Waals surface area contributed by atoms with Crippen LogP contribution in [-0.2, 0) is 7.05 Å². The van der Waals surface area contributed by atoms with E-state index < -0.39 is 0 Å². The lowest BCUT2D eigenvalue weighted by Gasteiger charge is -2.05. The van der Waals surface area contributed by atoms with Crippen LogP contribution in [0.15, 0.2) is 30.3 Å². The molecule has 0 radical (unpaired) electrons. The van der Waals surface area contributed by atoms with Gasteiger partial charge in [0.2, 0.25) is 0 Å². The number of aryl methyl sites for hydroxylation is 1. The fourth-order valence-electron chi connectivity index (χ4n) is 3.38. The maximum Gasteiger partial charge on any atom is 0.0479 e. The summed E-state index contributed by atoms with van der Waals surface area (Å²) in [7, 11) is 2.17. The number of hydrogen-bond donors (Lipinski definition) is 1. The van der Waals surface area contributed by atoms with Crippen LogP contribution in [0.1, 0.15) is 25.5 Å². The zero-order valence-electron chi connectivity index (χ0n) is 10.8. The molecule has 2 nitrogen and oxygen atoms in total. The van der Waals surface area contributed by atoms with Crippen LogP contribution in [0.5, 0.6) is 0 Å². The predicted molar refractivity (Wildman–Crippen MR) is 72.0 cm³/mol. The first-order chi connectivity index (χ1) is 8.07. The highest BCUT2D eigenvalue weighted by Crippen LogP contribution is 2.64. The van der Waals surface area contributed by atoms with Crippen LogP contribution in [-0.4, -0.2) is 11.1 Å². The van der Waals surface area contributed by atoms with E-state index in [1.165, 1.54) is 16.6 Å². The molecule has 0 aliphatic heterocycles. The third-order valence-corrected chi connectivity index (χ3v) is 4.61. The molecule has 0 amide bonds. The van der Waals surface area contributed by atoms with Gasteiger partial charge < -0.3 is 10.3 Å². The van der Waals surface area contributed by atoms with Gasteiger partial charge in [0.25, 0.3) is 0 Å². The zero-order chi connectivity index (χ0) is 12.2. The molecule has 2 heteroatoms. The summed E-state index contributed by atoms with van der Waals surface area (Å²) >= 11 is 0. The summed E-state index contributed by atoms with van der Waals surface area (Å²) in [6, 6.07) is 10.9. The van der Waals surface area contributed by atoms with Gasteiger partial charge >= 0.3 is 0 Å². The summed E-state index contributed by atoms with van der Waals surface area (Å²) in [5.41, 5.74) is 8.99. The lowest BCUT2D eigenvalue weighted by molar-refractivity contribution is 0.555. The van der Waals surface area contributed by atoms with E-state index in [1.807, 2.05) is 0 Å². The molecule has 2 N–H and O–H groups in total. The molecular weight excluding hydrogens is 208 g/mol. The molecule has 1 saturated carbocycles. The fraction of sp³-hybridized carbons (Fsp3) is 0.467. The number of para-hydroxylation sites is 1. The summed E-state index contributed by atoms with van der Waals surface area (Å²) in [4.78, 5) is 0. The standard InChI is InChI=1S/C15H20N2/c1-15(2)11(9-16)14(15)13-8-10-6-4-5-7-12(10)17(13)3/h4-8,11,14H,9,16H2,1-3H3/t11-,14+/m0/s1. The summed E-state index contributed by atoms with van der Waals surface area (Å²) < 4.78 is 2.33. The van der Waals surface area contributed by atoms with Gasteiger partial charge in [-0.15, -0.1) is 0 Å². The van der Waals surface area contributed by atoms with Gasteiger partial charge in [0.05, 0.1) is 0 Å². The Morgan fingerprint density at radius 1 is 1.29 bits per heavy atom. The number of rotatable bonds is 2. The molecule has 1 aliphatic carbocycles. The van der Waals surface area contributed by atoms with E-state index in [9.17, 15) is 0 Å². The lowest BCUT2D eigenvalue weighted by atomic mass is 10.1. The third kappa shape index (κ3) is 1.37. The van der Waals surface area contributed by atoms with E-state index in [-0.39, 0.29) is 0 Å². The minimum Gasteiger partial charge on any atom is -0.347 e. The first-order valence-electron chi connectivity index (χ1n) is 6.31. The van der Waals surface area contributed by atoms with E-state index in [2.05, 4.69) is 55.8 Å². The molecule has 0 saturated heterocycles. The SMILES string of the molecule is Cn1c([C@H]2[C@H](CN)C2(C)C)cc2ccccc21. The third-order valence-electron chi connectivity index (χ3n) is 4.61. The highest BCUT2D eigenvalue weighted by atomic mass is 15.0. The maximum atomic E-state index is 5.87. The van der Waals surface area contributed by atoms with Crippen molar-refractivity contribution in [1.29, 1.82) is 0 Å². The van der Waals surface area contributed by atoms with E-state index in [4.69, 9.17) is 5.73 Å². The molecule has 0 bridgehead atoms. The molecule has 1 aromatic heterocycles. The van der Waals surface area contributed by atoms with Crippen LogP contribution >= 0.6 is 0 Å². The second-order valence-electron chi connectivity index (χ2n) is 5.83. The van der Waals surface area contributed by atoms with Crippen molar-refractivity contribution in [3.05, 3.63) is 36.0 Å². The molecule has 90 valence electrons. The van der Waals surface area contributed by atoms with E-state index in [0.717, 1.165) is 6.54 Å². The fourth-order valence-corrected chi connectivity index (χ4v) is 3.38. The van der Waals surface area contributed by atoms with Gasteiger partial charge in [-0.1, -0.05) is 32.0 Å². The van der Waals surface area contributed by atoms with E-state index in [1.54, 1.807) is 0 Å². The van der Waals surface area contributed by atoms with Crippen LogP contribution in [0.2, 0.25) is 0 Å². The molecule has 1 aromatic carbocycles. The number of hydrogen-bond acceptors (Lipinski definition) is 1. The van der Waals surface area contributed by atoms with Gasteiger partial charge in [0.1, 0.15) is 0 Å². The molecule has 1 fully saturated rings. The zero-order valence-corrected chi connectivity index (χ0v) is 10.8. The second-order valence-corrected chi connectivity index (χ2v) is 5.83. The number of nitrogens with two attached hydrogens (primary N) is 1. The van der Waals surface area contributed by atoms with E-state index in [0.29, 0.717) is 17.3 Å². The molecule has 17 heavy (non-hydrogen) atoms. The summed E-state index contributed by atoms with van der Waals surface area (Å²) in [6.07, 6.45) is 0. The Kier molecular flexibility index (Phi) is 2.14. The van der Waals surface area contributed by atoms with Crippen LogP contribution in [0.4, 0.5) is 0 Å². The average Bonchev–Trinajstić information content (AvgIpc) is 2.70. The molecule has 3 rings (SSSR count). The van der Waals surface area contributed by atoms with Gasteiger partial charge in [0.15, 0.2) is 0 Å². The van der Waals surface area contributed by atoms with Crippen LogP contribution in [0.3, 0.4) is 0 Å². The Bertz CT molecular complexity index is 565. The topological polar surface area (TPSA) is 30.9 Å². The normalized spacial score (nSPS) is 26.4. The van der Waals surface area contributed by atoms with Crippen LogP contribution in [0.25, 0.3) is 10.9 Å². The predicted octanol–water partition coefficient (Wildman–Crippen LogP) is 2.88. The number of aromatic nitrogens is 1. The molecular formula is C15H20N2. The van der Waals surface area contributed by atoms with Crippen molar-refractivity contribution in [3.63, 3.8) is 0 Å². The Morgan fingerprint density at radius 3 is 2.59 bits per heavy atom. The lowest BCUT2D eigenvalue weighted by Crippen LogP contribution is -2.05. The van der Waals surface area contributed by atoms with Crippen molar-refractivity contribution < 1.29 is 0 Å². The van der Waals surface area contributed by atoms with Crippen molar-refractivity contribution in [3.8, 4) is 0 Å². The first-order valence-corrected chi connectivity index (χ1v) is 6.31. The Morgan fingerprint density at radius 2 is 2.00 bits per heavy atom. The van der Waals surface area contributed by atoms with Gasteiger partial charge in [-0.3, -0.25) is 0 Å². The van der Waals surface area contributed by atoms with Crippen molar-refractivity contribution in [2.75, 3.05) is 6.54 Å². The molecule has 0 unspecified atom stereocenters. The van der Waals surface area contributed by atoms with E-state index >= 15 is 0 Å². The van der Waals surface area contributed by atoms with Gasteiger partial charge in [0, 0.05) is 24.2 Å². The summed E-state index contributed by atoms with van der Waals surface area (Å²) in [5.74, 6) is 1.25. The summed E-state index contributed by atoms with van der Waals surface area (Å²) in [6.45, 7) is 5.44. The highest BCUT2D eigenvalue weighted by molar-refractivity contribution is 5.81. The number of fused-ring (bicyclic) bond motifs is 1. The number of benzene rings is 1. The minimum atomic E-state index is 0.358. The van der Waals surface area contributed by atoms with Crippen molar-refractivity contribution in [1.82, 2.24) is 4.57 Å². The Balaban J connectivity index is 2.11. The maximum absolute atomic E-state index is 5.87. The molecule has 1 heterocycles. The van der Waals surface area contributed by atoms with Crippen LogP contribution < -0.4 is 5.73 Å². The molecule has 2 aromatic rings. The van der Waals surface area contributed by atoms with Crippen molar-refractivity contribution in [2.45, 2.75) is 19.8 Å². The average molecular weight is 228 g/mol. The monoisotopic (exact) mass is 228 g/mol. The number of nitrogens with zero attached hydrogens (tertiary/aromatic N) is 1. The molecule has 1 aliphatic rings. The van der Waals surface area contributed by atoms with Gasteiger partial charge in [-0.25, -0.2) is 0 Å². The van der Waals surface area contributed by atoms with Crippen molar-refractivity contribution >= 4 is 10.9 Å².